The van der Waals surface area contributed by atoms with E-state index in [9.17, 15) is 4.79 Å². The summed E-state index contributed by atoms with van der Waals surface area (Å²) >= 11 is 6.01. The maximum absolute atomic E-state index is 12.2. The number of carbonyl (C=O) groups is 1. The Hall–Kier alpha value is -2.24. The van der Waals surface area contributed by atoms with E-state index in [1.807, 2.05) is 18.2 Å². The van der Waals surface area contributed by atoms with Crippen molar-refractivity contribution in [3.63, 3.8) is 0 Å². The Labute approximate surface area is 151 Å². The average Bonchev–Trinajstić information content (AvgIpc) is 3.14. The van der Waals surface area contributed by atoms with Gasteiger partial charge in [0, 0.05) is 6.61 Å². The lowest BCUT2D eigenvalue weighted by molar-refractivity contribution is -0.118. The van der Waals surface area contributed by atoms with E-state index < -0.39 is 0 Å². The fourth-order valence-corrected chi connectivity index (χ4v) is 2.74. The molecule has 1 atom stereocenters. The van der Waals surface area contributed by atoms with E-state index in [2.05, 4.69) is 5.32 Å². The Bertz CT molecular complexity index is 716. The molecule has 0 aromatic heterocycles. The monoisotopic (exact) mass is 361 g/mol. The Morgan fingerprint density at radius 3 is 2.64 bits per heavy atom. The molecule has 25 heavy (non-hydrogen) atoms. The largest absolute Gasteiger partial charge is 0.489 e. The van der Waals surface area contributed by atoms with Gasteiger partial charge in [-0.15, -0.1) is 0 Å². The minimum absolute atomic E-state index is 0.118. The molecule has 1 aliphatic rings. The Kier molecular flexibility index (Phi) is 6.14. The molecule has 1 amide bonds. The third-order valence-corrected chi connectivity index (χ3v) is 4.12. The highest BCUT2D eigenvalue weighted by Crippen LogP contribution is 2.26. The maximum atomic E-state index is 12.2. The van der Waals surface area contributed by atoms with E-state index >= 15 is 0 Å². The number of amides is 1. The summed E-state index contributed by atoms with van der Waals surface area (Å²) in [6.45, 7) is 1.12. The van der Waals surface area contributed by atoms with E-state index in [0.717, 1.165) is 19.4 Å². The molecular formula is C19H20ClNO4. The van der Waals surface area contributed by atoms with E-state index in [4.69, 9.17) is 25.8 Å². The highest BCUT2D eigenvalue weighted by molar-refractivity contribution is 6.32. The lowest BCUT2D eigenvalue weighted by Gasteiger charge is -2.15. The second-order valence-electron chi connectivity index (χ2n) is 5.71. The number of rotatable bonds is 7. The molecule has 2 aromatic carbocycles. The molecule has 1 N–H and O–H groups in total. The quantitative estimate of drug-likeness (QED) is 0.812. The summed E-state index contributed by atoms with van der Waals surface area (Å²) in [7, 11) is 0. The Morgan fingerprint density at radius 1 is 1.12 bits per heavy atom. The maximum Gasteiger partial charge on any atom is 0.262 e. The predicted octanol–water partition coefficient (Wildman–Crippen LogP) is 3.92. The van der Waals surface area contributed by atoms with Crippen molar-refractivity contribution < 1.29 is 19.0 Å². The van der Waals surface area contributed by atoms with Crippen molar-refractivity contribution in [1.82, 2.24) is 0 Å². The highest BCUT2D eigenvalue weighted by Gasteiger charge is 2.17. The Balaban J connectivity index is 1.54. The van der Waals surface area contributed by atoms with Gasteiger partial charge in [-0.3, -0.25) is 4.79 Å². The SMILES string of the molecule is O=C(COc1ccccc1Cl)Nc1ccccc1OCC1CCCO1. The smallest absolute Gasteiger partial charge is 0.262 e. The van der Waals surface area contributed by atoms with Gasteiger partial charge in [0.2, 0.25) is 0 Å². The molecule has 1 fully saturated rings. The number of hydrogen-bond donors (Lipinski definition) is 1. The molecule has 1 unspecified atom stereocenters. The van der Waals surface area contributed by atoms with Crippen LogP contribution in [0.5, 0.6) is 11.5 Å². The van der Waals surface area contributed by atoms with Gasteiger partial charge in [0.25, 0.3) is 5.91 Å². The van der Waals surface area contributed by atoms with E-state index in [1.54, 1.807) is 30.3 Å². The van der Waals surface area contributed by atoms with Crippen molar-refractivity contribution in [3.8, 4) is 11.5 Å². The number of hydrogen-bond acceptors (Lipinski definition) is 4. The Morgan fingerprint density at radius 2 is 1.88 bits per heavy atom. The predicted molar refractivity (Wildman–Crippen MR) is 96.5 cm³/mol. The molecule has 132 valence electrons. The normalized spacial score (nSPS) is 16.4. The number of anilines is 1. The molecule has 2 aromatic rings. The lowest BCUT2D eigenvalue weighted by atomic mass is 10.2. The third-order valence-electron chi connectivity index (χ3n) is 3.81. The zero-order chi connectivity index (χ0) is 17.5. The first-order valence-corrected chi connectivity index (χ1v) is 8.61. The van der Waals surface area contributed by atoms with Gasteiger partial charge in [-0.2, -0.15) is 0 Å². The van der Waals surface area contributed by atoms with Gasteiger partial charge in [-0.05, 0) is 37.1 Å². The molecule has 0 bridgehead atoms. The van der Waals surface area contributed by atoms with Crippen LogP contribution in [0.2, 0.25) is 5.02 Å². The number of para-hydroxylation sites is 3. The summed E-state index contributed by atoms with van der Waals surface area (Å²) in [5.74, 6) is 0.805. The zero-order valence-corrected chi connectivity index (χ0v) is 14.5. The first-order chi connectivity index (χ1) is 12.2. The molecule has 0 saturated carbocycles. The average molecular weight is 362 g/mol. The summed E-state index contributed by atoms with van der Waals surface area (Å²) in [5, 5.41) is 3.27. The van der Waals surface area contributed by atoms with Gasteiger partial charge in [-0.25, -0.2) is 0 Å². The van der Waals surface area contributed by atoms with Crippen LogP contribution in [-0.4, -0.2) is 31.8 Å². The summed E-state index contributed by atoms with van der Waals surface area (Å²) in [6, 6.07) is 14.3. The second kappa shape index (κ2) is 8.74. The summed E-state index contributed by atoms with van der Waals surface area (Å²) in [6.07, 6.45) is 2.18. The first kappa shape index (κ1) is 17.6. The van der Waals surface area contributed by atoms with Crippen molar-refractivity contribution in [1.29, 1.82) is 0 Å². The minimum Gasteiger partial charge on any atom is -0.489 e. The van der Waals surface area contributed by atoms with Crippen LogP contribution >= 0.6 is 11.6 Å². The molecule has 0 spiro atoms. The molecule has 0 aliphatic carbocycles. The lowest BCUT2D eigenvalue weighted by Crippen LogP contribution is -2.21. The summed E-state index contributed by atoms with van der Waals surface area (Å²) in [5.41, 5.74) is 0.605. The van der Waals surface area contributed by atoms with E-state index in [-0.39, 0.29) is 18.6 Å². The number of ether oxygens (including phenoxy) is 3. The number of halogens is 1. The zero-order valence-electron chi connectivity index (χ0n) is 13.7. The number of nitrogens with one attached hydrogen (secondary N) is 1. The van der Waals surface area contributed by atoms with Crippen LogP contribution in [-0.2, 0) is 9.53 Å². The van der Waals surface area contributed by atoms with Crippen LogP contribution in [0.3, 0.4) is 0 Å². The fourth-order valence-electron chi connectivity index (χ4n) is 2.55. The fraction of sp³-hybridized carbons (Fsp3) is 0.316. The van der Waals surface area contributed by atoms with Crippen molar-refractivity contribution in [2.75, 3.05) is 25.1 Å². The molecule has 1 saturated heterocycles. The second-order valence-corrected chi connectivity index (χ2v) is 6.12. The van der Waals surface area contributed by atoms with Crippen molar-refractivity contribution in [3.05, 3.63) is 53.6 Å². The van der Waals surface area contributed by atoms with Crippen molar-refractivity contribution in [2.24, 2.45) is 0 Å². The van der Waals surface area contributed by atoms with Gasteiger partial charge in [0.1, 0.15) is 18.1 Å². The van der Waals surface area contributed by atoms with E-state index in [1.165, 1.54) is 0 Å². The van der Waals surface area contributed by atoms with Crippen LogP contribution in [0.25, 0.3) is 0 Å². The van der Waals surface area contributed by atoms with Gasteiger partial charge in [0.15, 0.2) is 6.61 Å². The topological polar surface area (TPSA) is 56.8 Å². The van der Waals surface area contributed by atoms with Gasteiger partial charge < -0.3 is 19.5 Å². The van der Waals surface area contributed by atoms with Crippen LogP contribution in [0.1, 0.15) is 12.8 Å². The molecule has 0 radical (unpaired) electrons. The summed E-state index contributed by atoms with van der Waals surface area (Å²) < 4.78 is 16.8. The third kappa shape index (κ3) is 5.11. The number of benzene rings is 2. The first-order valence-electron chi connectivity index (χ1n) is 8.23. The standard InChI is InChI=1S/C19H20ClNO4/c20-15-7-1-3-9-17(15)25-13-19(22)21-16-8-2-4-10-18(16)24-12-14-6-5-11-23-14/h1-4,7-10,14H,5-6,11-13H2,(H,21,22). The highest BCUT2D eigenvalue weighted by atomic mass is 35.5. The molecular weight excluding hydrogens is 342 g/mol. The molecule has 1 aliphatic heterocycles. The van der Waals surface area contributed by atoms with E-state index in [0.29, 0.717) is 28.8 Å². The van der Waals surface area contributed by atoms with Crippen LogP contribution in [0.15, 0.2) is 48.5 Å². The number of carbonyl (C=O) groups excluding carboxylic acids is 1. The van der Waals surface area contributed by atoms with Gasteiger partial charge in [0.05, 0.1) is 16.8 Å². The van der Waals surface area contributed by atoms with Crippen molar-refractivity contribution >= 4 is 23.2 Å². The molecule has 1 heterocycles. The van der Waals surface area contributed by atoms with Crippen LogP contribution in [0, 0.1) is 0 Å². The van der Waals surface area contributed by atoms with Gasteiger partial charge in [-0.1, -0.05) is 35.9 Å². The minimum atomic E-state index is -0.284. The van der Waals surface area contributed by atoms with Crippen LogP contribution < -0.4 is 14.8 Å². The van der Waals surface area contributed by atoms with Gasteiger partial charge >= 0.3 is 0 Å². The molecule has 5 nitrogen and oxygen atoms in total. The van der Waals surface area contributed by atoms with Crippen LogP contribution in [0.4, 0.5) is 5.69 Å². The van der Waals surface area contributed by atoms with Crippen molar-refractivity contribution in [2.45, 2.75) is 18.9 Å². The molecule has 6 heteroatoms. The summed E-state index contributed by atoms with van der Waals surface area (Å²) in [4.78, 5) is 12.2. The molecule has 3 rings (SSSR count).